The normalized spacial score (nSPS) is 10.2. The molecule has 0 aliphatic rings. The molecule has 0 aliphatic carbocycles. The van der Waals surface area contributed by atoms with Crippen molar-refractivity contribution in [2.45, 2.75) is 6.92 Å². The van der Waals surface area contributed by atoms with E-state index in [1.165, 1.54) is 10.6 Å². The lowest BCUT2D eigenvalue weighted by atomic mass is 10.3. The number of nitrogens with zero attached hydrogens (tertiary/aromatic N) is 2. The summed E-state index contributed by atoms with van der Waals surface area (Å²) in [6.45, 7) is 1.95. The highest BCUT2D eigenvalue weighted by molar-refractivity contribution is 5.37. The van der Waals surface area contributed by atoms with E-state index >= 15 is 0 Å². The van der Waals surface area contributed by atoms with E-state index in [0.717, 1.165) is 5.56 Å². The second kappa shape index (κ2) is 3.57. The fraction of sp³-hybridized carbons (Fsp3) is 0.0909. The predicted octanol–water partition coefficient (Wildman–Crippen LogP) is 1.12. The Kier molecular flexibility index (Phi) is 2.25. The molecule has 15 heavy (non-hydrogen) atoms. The molecule has 0 aromatic carbocycles. The number of hydrogen-bond acceptors (Lipinski definition) is 3. The van der Waals surface area contributed by atoms with Crippen LogP contribution in [0.3, 0.4) is 0 Å². The number of rotatable bonds is 1. The Morgan fingerprint density at radius 2 is 2.13 bits per heavy atom. The van der Waals surface area contributed by atoms with Crippen LogP contribution >= 0.6 is 0 Å². The van der Waals surface area contributed by atoms with Gasteiger partial charge in [0.1, 0.15) is 5.82 Å². The van der Waals surface area contributed by atoms with E-state index in [4.69, 9.17) is 5.73 Å². The molecule has 2 rings (SSSR count). The molecule has 4 nitrogen and oxygen atoms in total. The van der Waals surface area contributed by atoms with Crippen molar-refractivity contribution in [1.82, 2.24) is 9.55 Å². The Morgan fingerprint density at radius 1 is 1.33 bits per heavy atom. The Morgan fingerprint density at radius 3 is 2.73 bits per heavy atom. The minimum atomic E-state index is -0.175. The standard InChI is InChI=1S/C11H11N3O/c1-8-2-3-10(13-7-8)14-5-4-9(12)6-11(14)15/h2-7H,12H2,1H3. The average Bonchev–Trinajstić information content (AvgIpc) is 2.20. The van der Waals surface area contributed by atoms with Crippen LogP contribution < -0.4 is 11.3 Å². The van der Waals surface area contributed by atoms with Gasteiger partial charge in [-0.2, -0.15) is 0 Å². The van der Waals surface area contributed by atoms with Gasteiger partial charge in [0.05, 0.1) is 0 Å². The number of aromatic nitrogens is 2. The number of hydrogen-bond donors (Lipinski definition) is 1. The summed E-state index contributed by atoms with van der Waals surface area (Å²) in [6.07, 6.45) is 3.34. The van der Waals surface area contributed by atoms with Crippen molar-refractivity contribution in [1.29, 1.82) is 0 Å². The molecule has 0 saturated heterocycles. The zero-order chi connectivity index (χ0) is 10.8. The fourth-order valence-corrected chi connectivity index (χ4v) is 1.29. The molecule has 0 aliphatic heterocycles. The summed E-state index contributed by atoms with van der Waals surface area (Å²) in [5.41, 5.74) is 6.84. The van der Waals surface area contributed by atoms with Gasteiger partial charge < -0.3 is 5.73 Å². The maximum Gasteiger partial charge on any atom is 0.258 e. The van der Waals surface area contributed by atoms with Crippen LogP contribution in [0.15, 0.2) is 41.5 Å². The van der Waals surface area contributed by atoms with Crippen molar-refractivity contribution in [3.8, 4) is 5.82 Å². The molecule has 76 valence electrons. The molecule has 4 heteroatoms. The molecule has 0 spiro atoms. The Balaban J connectivity index is 2.55. The molecule has 0 fully saturated rings. The van der Waals surface area contributed by atoms with E-state index < -0.39 is 0 Å². The van der Waals surface area contributed by atoms with Crippen LogP contribution in [0.1, 0.15) is 5.56 Å². The van der Waals surface area contributed by atoms with Gasteiger partial charge in [-0.15, -0.1) is 0 Å². The Bertz CT molecular complexity index is 528. The summed E-state index contributed by atoms with van der Waals surface area (Å²) in [5.74, 6) is 0.602. The molecular weight excluding hydrogens is 190 g/mol. The number of anilines is 1. The number of aryl methyl sites for hydroxylation is 1. The maximum absolute atomic E-state index is 11.6. The molecular formula is C11H11N3O. The zero-order valence-corrected chi connectivity index (χ0v) is 8.34. The molecule has 0 atom stereocenters. The molecule has 0 amide bonds. The monoisotopic (exact) mass is 201 g/mol. The zero-order valence-electron chi connectivity index (χ0n) is 8.34. The minimum Gasteiger partial charge on any atom is -0.399 e. The van der Waals surface area contributed by atoms with E-state index in [0.29, 0.717) is 11.5 Å². The maximum atomic E-state index is 11.6. The van der Waals surface area contributed by atoms with Gasteiger partial charge in [0.25, 0.3) is 5.56 Å². The second-order valence-electron chi connectivity index (χ2n) is 3.36. The highest BCUT2D eigenvalue weighted by Gasteiger charge is 1.99. The minimum absolute atomic E-state index is 0.175. The van der Waals surface area contributed by atoms with Crippen molar-refractivity contribution < 1.29 is 0 Å². The largest absolute Gasteiger partial charge is 0.399 e. The lowest BCUT2D eigenvalue weighted by Gasteiger charge is -2.04. The molecule has 0 unspecified atom stereocenters. The van der Waals surface area contributed by atoms with Gasteiger partial charge in [0.15, 0.2) is 0 Å². The molecule has 2 aromatic heterocycles. The number of nitrogen functional groups attached to an aromatic ring is 1. The second-order valence-corrected chi connectivity index (χ2v) is 3.36. The first-order chi connectivity index (χ1) is 7.16. The summed E-state index contributed by atoms with van der Waals surface area (Å²) < 4.78 is 1.45. The third-order valence-corrected chi connectivity index (χ3v) is 2.09. The molecule has 2 N–H and O–H groups in total. The summed E-state index contributed by atoms with van der Waals surface area (Å²) in [4.78, 5) is 15.7. The lowest BCUT2D eigenvalue weighted by molar-refractivity contribution is 0.939. The summed E-state index contributed by atoms with van der Waals surface area (Å²) in [7, 11) is 0. The van der Waals surface area contributed by atoms with Gasteiger partial charge in [0.2, 0.25) is 0 Å². The summed E-state index contributed by atoms with van der Waals surface area (Å²) in [6, 6.07) is 6.75. The molecule has 2 heterocycles. The molecule has 0 radical (unpaired) electrons. The van der Waals surface area contributed by atoms with Crippen LogP contribution in [-0.4, -0.2) is 9.55 Å². The van der Waals surface area contributed by atoms with Gasteiger partial charge >= 0.3 is 0 Å². The Hall–Kier alpha value is -2.10. The first kappa shape index (κ1) is 9.45. The third-order valence-electron chi connectivity index (χ3n) is 2.09. The van der Waals surface area contributed by atoms with E-state index in [1.807, 2.05) is 13.0 Å². The van der Waals surface area contributed by atoms with Crippen LogP contribution in [0.25, 0.3) is 5.82 Å². The van der Waals surface area contributed by atoms with Gasteiger partial charge in [-0.25, -0.2) is 4.98 Å². The topological polar surface area (TPSA) is 60.9 Å². The molecule has 0 saturated carbocycles. The van der Waals surface area contributed by atoms with Crippen LogP contribution in [0.5, 0.6) is 0 Å². The van der Waals surface area contributed by atoms with E-state index in [-0.39, 0.29) is 5.56 Å². The quantitative estimate of drug-likeness (QED) is 0.752. The first-order valence-electron chi connectivity index (χ1n) is 4.58. The van der Waals surface area contributed by atoms with E-state index in [2.05, 4.69) is 4.98 Å². The average molecular weight is 201 g/mol. The van der Waals surface area contributed by atoms with Gasteiger partial charge in [-0.3, -0.25) is 9.36 Å². The van der Waals surface area contributed by atoms with Crippen molar-refractivity contribution in [2.24, 2.45) is 0 Å². The Labute approximate surface area is 87.0 Å². The van der Waals surface area contributed by atoms with Crippen LogP contribution in [0, 0.1) is 6.92 Å². The van der Waals surface area contributed by atoms with Gasteiger partial charge in [-0.05, 0) is 24.6 Å². The SMILES string of the molecule is Cc1ccc(-n2ccc(N)cc2=O)nc1. The smallest absolute Gasteiger partial charge is 0.258 e. The van der Waals surface area contributed by atoms with Crippen LogP contribution in [-0.2, 0) is 0 Å². The lowest BCUT2D eigenvalue weighted by Crippen LogP contribution is -2.17. The van der Waals surface area contributed by atoms with Gasteiger partial charge in [-0.1, -0.05) is 6.07 Å². The molecule has 2 aromatic rings. The highest BCUT2D eigenvalue weighted by Crippen LogP contribution is 2.03. The van der Waals surface area contributed by atoms with Crippen molar-refractivity contribution in [3.63, 3.8) is 0 Å². The third kappa shape index (κ3) is 1.88. The number of nitrogens with two attached hydrogens (primary N) is 1. The number of pyridine rings is 2. The van der Waals surface area contributed by atoms with Crippen molar-refractivity contribution >= 4 is 5.69 Å². The first-order valence-corrected chi connectivity index (χ1v) is 4.58. The highest BCUT2D eigenvalue weighted by atomic mass is 16.1. The van der Waals surface area contributed by atoms with Crippen molar-refractivity contribution in [2.75, 3.05) is 5.73 Å². The fourth-order valence-electron chi connectivity index (χ4n) is 1.29. The van der Waals surface area contributed by atoms with E-state index in [1.54, 1.807) is 24.5 Å². The van der Waals surface area contributed by atoms with Crippen LogP contribution in [0.4, 0.5) is 5.69 Å². The summed E-state index contributed by atoms with van der Waals surface area (Å²) >= 11 is 0. The summed E-state index contributed by atoms with van der Waals surface area (Å²) in [5, 5.41) is 0. The van der Waals surface area contributed by atoms with Crippen molar-refractivity contribution in [3.05, 3.63) is 52.6 Å². The van der Waals surface area contributed by atoms with Gasteiger partial charge in [0, 0.05) is 24.1 Å². The predicted molar refractivity (Wildman–Crippen MR) is 59.0 cm³/mol. The van der Waals surface area contributed by atoms with E-state index in [9.17, 15) is 4.79 Å². The molecule has 0 bridgehead atoms. The van der Waals surface area contributed by atoms with Crippen LogP contribution in [0.2, 0.25) is 0 Å².